The standard InChI is InChI=1S/C12H15N3O4/c13-8-1-2-9(14-7-8)10(16)15-12(11(17)18)3-5-19-6-4-12/h1-2,7H,3-6,13H2,(H,15,16)(H,17,18). The van der Waals surface area contributed by atoms with Gasteiger partial charge < -0.3 is 20.9 Å². The topological polar surface area (TPSA) is 115 Å². The third-order valence-corrected chi connectivity index (χ3v) is 3.13. The molecule has 0 spiro atoms. The van der Waals surface area contributed by atoms with Gasteiger partial charge in [0.1, 0.15) is 11.2 Å². The number of carbonyl (C=O) groups is 2. The number of nitrogen functional groups attached to an aromatic ring is 1. The molecule has 102 valence electrons. The van der Waals surface area contributed by atoms with Crippen molar-refractivity contribution in [3.05, 3.63) is 24.0 Å². The van der Waals surface area contributed by atoms with Crippen molar-refractivity contribution in [3.8, 4) is 0 Å². The van der Waals surface area contributed by atoms with Crippen LogP contribution in [0.1, 0.15) is 23.3 Å². The van der Waals surface area contributed by atoms with Gasteiger partial charge in [0.25, 0.3) is 5.91 Å². The van der Waals surface area contributed by atoms with Gasteiger partial charge in [-0.2, -0.15) is 0 Å². The Bertz CT molecular complexity index is 480. The first-order chi connectivity index (χ1) is 9.03. The molecule has 0 saturated carbocycles. The maximum atomic E-state index is 12.0. The van der Waals surface area contributed by atoms with Crippen molar-refractivity contribution in [1.29, 1.82) is 0 Å². The third-order valence-electron chi connectivity index (χ3n) is 3.13. The first kappa shape index (κ1) is 13.3. The molecule has 1 aliphatic heterocycles. The van der Waals surface area contributed by atoms with Gasteiger partial charge in [-0.25, -0.2) is 9.78 Å². The number of carbonyl (C=O) groups excluding carboxylic acids is 1. The molecule has 2 rings (SSSR count). The number of rotatable bonds is 3. The summed E-state index contributed by atoms with van der Waals surface area (Å²) < 4.78 is 5.13. The van der Waals surface area contributed by atoms with Gasteiger partial charge in [-0.05, 0) is 12.1 Å². The zero-order valence-corrected chi connectivity index (χ0v) is 10.3. The Hall–Kier alpha value is -2.15. The molecule has 0 bridgehead atoms. The van der Waals surface area contributed by atoms with Crippen molar-refractivity contribution in [3.63, 3.8) is 0 Å². The fourth-order valence-electron chi connectivity index (χ4n) is 1.93. The Morgan fingerprint density at radius 1 is 1.37 bits per heavy atom. The molecule has 2 heterocycles. The number of pyridine rings is 1. The van der Waals surface area contributed by atoms with Gasteiger partial charge in [0.05, 0.1) is 11.9 Å². The summed E-state index contributed by atoms with van der Waals surface area (Å²) >= 11 is 0. The van der Waals surface area contributed by atoms with Gasteiger partial charge >= 0.3 is 5.97 Å². The lowest BCUT2D eigenvalue weighted by Gasteiger charge is -2.33. The second-order valence-corrected chi connectivity index (χ2v) is 4.43. The molecule has 0 aliphatic carbocycles. The second-order valence-electron chi connectivity index (χ2n) is 4.43. The molecule has 19 heavy (non-hydrogen) atoms. The maximum Gasteiger partial charge on any atom is 0.329 e. The van der Waals surface area contributed by atoms with E-state index < -0.39 is 17.4 Å². The van der Waals surface area contributed by atoms with Crippen molar-refractivity contribution in [2.24, 2.45) is 0 Å². The van der Waals surface area contributed by atoms with Crippen LogP contribution in [0.15, 0.2) is 18.3 Å². The van der Waals surface area contributed by atoms with Crippen molar-refractivity contribution in [2.75, 3.05) is 18.9 Å². The van der Waals surface area contributed by atoms with Crippen LogP contribution in [0.2, 0.25) is 0 Å². The molecule has 4 N–H and O–H groups in total. The van der Waals surface area contributed by atoms with Crippen LogP contribution in [0.25, 0.3) is 0 Å². The number of carboxylic acid groups (broad SMARTS) is 1. The van der Waals surface area contributed by atoms with Crippen LogP contribution in [-0.2, 0) is 9.53 Å². The molecule has 1 aliphatic rings. The molecule has 1 aromatic heterocycles. The summed E-state index contributed by atoms with van der Waals surface area (Å²) in [5.41, 5.74) is 4.78. The van der Waals surface area contributed by atoms with E-state index in [0.717, 1.165) is 0 Å². The van der Waals surface area contributed by atoms with Crippen molar-refractivity contribution < 1.29 is 19.4 Å². The molecule has 1 amide bonds. The number of aliphatic carboxylic acids is 1. The van der Waals surface area contributed by atoms with Crippen LogP contribution in [0.3, 0.4) is 0 Å². The Morgan fingerprint density at radius 2 is 2.05 bits per heavy atom. The summed E-state index contributed by atoms with van der Waals surface area (Å²) in [4.78, 5) is 27.3. The third kappa shape index (κ3) is 2.82. The van der Waals surface area contributed by atoms with Crippen molar-refractivity contribution >= 4 is 17.6 Å². The summed E-state index contributed by atoms with van der Waals surface area (Å²) in [5.74, 6) is -1.58. The van der Waals surface area contributed by atoms with E-state index in [-0.39, 0.29) is 18.5 Å². The van der Waals surface area contributed by atoms with E-state index in [2.05, 4.69) is 10.3 Å². The van der Waals surface area contributed by atoms with Crippen LogP contribution in [0.4, 0.5) is 5.69 Å². The number of nitrogens with zero attached hydrogens (tertiary/aromatic N) is 1. The molecule has 0 unspecified atom stereocenters. The number of aromatic nitrogens is 1. The first-order valence-electron chi connectivity index (χ1n) is 5.89. The average molecular weight is 265 g/mol. The molecule has 0 radical (unpaired) electrons. The smallest absolute Gasteiger partial charge is 0.329 e. The summed E-state index contributed by atoms with van der Waals surface area (Å²) in [6, 6.07) is 3.00. The van der Waals surface area contributed by atoms with Crippen LogP contribution in [-0.4, -0.2) is 40.7 Å². The number of nitrogens with one attached hydrogen (secondary N) is 1. The summed E-state index contributed by atoms with van der Waals surface area (Å²) in [6.07, 6.45) is 1.83. The lowest BCUT2D eigenvalue weighted by atomic mass is 9.90. The van der Waals surface area contributed by atoms with Gasteiger partial charge in [0, 0.05) is 26.1 Å². The van der Waals surface area contributed by atoms with Gasteiger partial charge in [0.15, 0.2) is 0 Å². The molecule has 7 nitrogen and oxygen atoms in total. The lowest BCUT2D eigenvalue weighted by molar-refractivity contribution is -0.148. The first-order valence-corrected chi connectivity index (χ1v) is 5.89. The van der Waals surface area contributed by atoms with Gasteiger partial charge in [0.2, 0.25) is 0 Å². The largest absolute Gasteiger partial charge is 0.480 e. The Kier molecular flexibility index (Phi) is 3.66. The SMILES string of the molecule is Nc1ccc(C(=O)NC2(C(=O)O)CCOCC2)nc1. The highest BCUT2D eigenvalue weighted by atomic mass is 16.5. The Labute approximate surface area is 109 Å². The highest BCUT2D eigenvalue weighted by molar-refractivity contribution is 5.96. The molecule has 1 fully saturated rings. The number of nitrogens with two attached hydrogens (primary N) is 1. The van der Waals surface area contributed by atoms with Crippen molar-refractivity contribution in [1.82, 2.24) is 10.3 Å². The van der Waals surface area contributed by atoms with Crippen LogP contribution in [0, 0.1) is 0 Å². The molecular weight excluding hydrogens is 250 g/mol. The molecule has 1 saturated heterocycles. The van der Waals surface area contributed by atoms with E-state index in [9.17, 15) is 14.7 Å². The zero-order chi connectivity index (χ0) is 13.9. The monoisotopic (exact) mass is 265 g/mol. The fourth-order valence-corrected chi connectivity index (χ4v) is 1.93. The summed E-state index contributed by atoms with van der Waals surface area (Å²) in [7, 11) is 0. The van der Waals surface area contributed by atoms with E-state index in [0.29, 0.717) is 18.9 Å². The minimum absolute atomic E-state index is 0.140. The van der Waals surface area contributed by atoms with E-state index >= 15 is 0 Å². The minimum Gasteiger partial charge on any atom is -0.480 e. The van der Waals surface area contributed by atoms with E-state index in [1.807, 2.05) is 0 Å². The van der Waals surface area contributed by atoms with Crippen LogP contribution >= 0.6 is 0 Å². The van der Waals surface area contributed by atoms with E-state index in [1.54, 1.807) is 6.07 Å². The number of hydrogen-bond acceptors (Lipinski definition) is 5. The Morgan fingerprint density at radius 3 is 2.58 bits per heavy atom. The highest BCUT2D eigenvalue weighted by Crippen LogP contribution is 2.21. The predicted molar refractivity (Wildman–Crippen MR) is 66.5 cm³/mol. The van der Waals surface area contributed by atoms with E-state index in [4.69, 9.17) is 10.5 Å². The molecular formula is C12H15N3O4. The summed E-state index contributed by atoms with van der Waals surface area (Å²) in [5, 5.41) is 11.9. The average Bonchev–Trinajstić information content (AvgIpc) is 2.40. The second kappa shape index (κ2) is 5.23. The van der Waals surface area contributed by atoms with Gasteiger partial charge in [-0.15, -0.1) is 0 Å². The quantitative estimate of drug-likeness (QED) is 0.710. The lowest BCUT2D eigenvalue weighted by Crippen LogP contribution is -2.57. The predicted octanol–water partition coefficient (Wildman–Crippen LogP) is 0.0274. The molecule has 0 aromatic carbocycles. The van der Waals surface area contributed by atoms with Crippen molar-refractivity contribution in [2.45, 2.75) is 18.4 Å². The number of hydrogen-bond donors (Lipinski definition) is 3. The molecule has 0 atom stereocenters. The van der Waals surface area contributed by atoms with E-state index in [1.165, 1.54) is 12.3 Å². The maximum absolute atomic E-state index is 12.0. The molecule has 1 aromatic rings. The number of ether oxygens (including phenoxy) is 1. The zero-order valence-electron chi connectivity index (χ0n) is 10.3. The van der Waals surface area contributed by atoms with Gasteiger partial charge in [-0.1, -0.05) is 0 Å². The summed E-state index contributed by atoms with van der Waals surface area (Å²) in [6.45, 7) is 0.615. The van der Waals surface area contributed by atoms with Crippen LogP contribution < -0.4 is 11.1 Å². The van der Waals surface area contributed by atoms with Crippen LogP contribution in [0.5, 0.6) is 0 Å². The fraction of sp³-hybridized carbons (Fsp3) is 0.417. The minimum atomic E-state index is -1.28. The normalized spacial score (nSPS) is 17.7. The highest BCUT2D eigenvalue weighted by Gasteiger charge is 2.41. The number of carboxylic acids is 1. The van der Waals surface area contributed by atoms with Gasteiger partial charge in [-0.3, -0.25) is 4.79 Å². The number of anilines is 1. The Balaban J connectivity index is 2.15. The number of amides is 1. The molecule has 7 heteroatoms.